The van der Waals surface area contributed by atoms with Crippen LogP contribution in [0.4, 0.5) is 0 Å². The molecule has 0 amide bonds. The standard InChI is InChI=1S/C10H19Cl4O6P/c11-1-9(2-12,5-15)7-19-21(17,18)20-8-10(3-13,4-14)6-16/h15-16H,1-8H2,(H,17,18). The number of aliphatic hydroxyl groups excluding tert-OH is 2. The van der Waals surface area contributed by atoms with Crippen molar-refractivity contribution >= 4 is 54.2 Å². The molecule has 0 aliphatic heterocycles. The topological polar surface area (TPSA) is 96.2 Å². The van der Waals surface area contributed by atoms with Crippen molar-refractivity contribution in [2.24, 2.45) is 10.8 Å². The van der Waals surface area contributed by atoms with Gasteiger partial charge in [0.25, 0.3) is 0 Å². The highest BCUT2D eigenvalue weighted by molar-refractivity contribution is 7.47. The van der Waals surface area contributed by atoms with E-state index in [1.165, 1.54) is 0 Å². The summed E-state index contributed by atoms with van der Waals surface area (Å²) in [5, 5.41) is 18.4. The summed E-state index contributed by atoms with van der Waals surface area (Å²) >= 11 is 22.7. The average molecular weight is 408 g/mol. The number of aliphatic hydroxyl groups is 2. The monoisotopic (exact) mass is 406 g/mol. The molecular formula is C10H19Cl4O6P. The first-order valence-corrected chi connectivity index (χ1v) is 9.49. The molecular weight excluding hydrogens is 389 g/mol. The van der Waals surface area contributed by atoms with Gasteiger partial charge in [-0.05, 0) is 0 Å². The van der Waals surface area contributed by atoms with Crippen LogP contribution in [0.1, 0.15) is 0 Å². The quantitative estimate of drug-likeness (QED) is 0.338. The zero-order valence-electron chi connectivity index (χ0n) is 11.2. The zero-order valence-corrected chi connectivity index (χ0v) is 15.1. The Labute approximate surface area is 143 Å². The number of hydrogen-bond donors (Lipinski definition) is 3. The Morgan fingerprint density at radius 3 is 1.29 bits per heavy atom. The van der Waals surface area contributed by atoms with Crippen LogP contribution in [-0.2, 0) is 13.6 Å². The molecule has 0 aromatic rings. The zero-order chi connectivity index (χ0) is 16.6. The summed E-state index contributed by atoms with van der Waals surface area (Å²) in [5.41, 5.74) is -2.09. The molecule has 0 spiro atoms. The van der Waals surface area contributed by atoms with E-state index in [4.69, 9.17) is 55.5 Å². The van der Waals surface area contributed by atoms with E-state index < -0.39 is 31.9 Å². The maximum atomic E-state index is 11.8. The minimum absolute atomic E-state index is 0.0586. The molecule has 0 fully saturated rings. The fourth-order valence-electron chi connectivity index (χ4n) is 0.960. The van der Waals surface area contributed by atoms with E-state index in [0.717, 1.165) is 0 Å². The van der Waals surface area contributed by atoms with Gasteiger partial charge in [-0.2, -0.15) is 0 Å². The second kappa shape index (κ2) is 10.1. The summed E-state index contributed by atoms with van der Waals surface area (Å²) in [4.78, 5) is 9.59. The van der Waals surface area contributed by atoms with Gasteiger partial charge in [-0.1, -0.05) is 0 Å². The molecule has 0 radical (unpaired) electrons. The first kappa shape index (κ1) is 22.2. The van der Waals surface area contributed by atoms with Gasteiger partial charge in [-0.25, -0.2) is 4.57 Å². The first-order chi connectivity index (χ1) is 9.78. The molecule has 0 rings (SSSR count). The lowest BCUT2D eigenvalue weighted by Gasteiger charge is -2.29. The maximum Gasteiger partial charge on any atom is 0.472 e. The Kier molecular flexibility index (Phi) is 10.7. The van der Waals surface area contributed by atoms with Gasteiger partial charge in [0.15, 0.2) is 0 Å². The smallest absolute Gasteiger partial charge is 0.396 e. The minimum atomic E-state index is -4.42. The Hall–Kier alpha value is 1.19. The van der Waals surface area contributed by atoms with Crippen molar-refractivity contribution in [2.75, 3.05) is 49.9 Å². The predicted octanol–water partition coefficient (Wildman–Crippen LogP) is 2.03. The number of hydrogen-bond acceptors (Lipinski definition) is 5. The molecule has 0 aliphatic rings. The van der Waals surface area contributed by atoms with E-state index in [1.54, 1.807) is 0 Å². The number of rotatable bonds is 12. The van der Waals surface area contributed by atoms with E-state index in [-0.39, 0.29) is 36.7 Å². The van der Waals surface area contributed by atoms with Gasteiger partial charge >= 0.3 is 7.82 Å². The summed E-state index contributed by atoms with van der Waals surface area (Å²) in [7, 11) is -4.42. The first-order valence-electron chi connectivity index (χ1n) is 5.86. The van der Waals surface area contributed by atoms with Crippen molar-refractivity contribution in [2.45, 2.75) is 0 Å². The molecule has 0 aromatic heterocycles. The molecule has 11 heteroatoms. The molecule has 128 valence electrons. The Morgan fingerprint density at radius 1 is 0.810 bits per heavy atom. The fraction of sp³-hybridized carbons (Fsp3) is 1.00. The van der Waals surface area contributed by atoms with E-state index in [1.807, 2.05) is 0 Å². The molecule has 0 aliphatic carbocycles. The summed E-state index contributed by atoms with van der Waals surface area (Å²) < 4.78 is 21.4. The Morgan fingerprint density at radius 2 is 1.10 bits per heavy atom. The van der Waals surface area contributed by atoms with Gasteiger partial charge < -0.3 is 15.1 Å². The van der Waals surface area contributed by atoms with Crippen molar-refractivity contribution < 1.29 is 28.7 Å². The molecule has 0 saturated heterocycles. The van der Waals surface area contributed by atoms with Crippen LogP contribution in [-0.4, -0.2) is 65.1 Å². The molecule has 0 bridgehead atoms. The molecule has 0 heterocycles. The van der Waals surface area contributed by atoms with E-state index in [9.17, 15) is 19.7 Å². The third-order valence-corrected chi connectivity index (χ3v) is 6.05. The normalized spacial score (nSPS) is 13.7. The lowest BCUT2D eigenvalue weighted by atomic mass is 9.96. The van der Waals surface area contributed by atoms with E-state index in [0.29, 0.717) is 0 Å². The predicted molar refractivity (Wildman–Crippen MR) is 83.6 cm³/mol. The largest absolute Gasteiger partial charge is 0.472 e. The molecule has 0 aromatic carbocycles. The molecule has 6 nitrogen and oxygen atoms in total. The molecule has 3 N–H and O–H groups in total. The summed E-state index contributed by atoms with van der Waals surface area (Å²) in [6.45, 7) is -1.55. The average Bonchev–Trinajstić information content (AvgIpc) is 2.51. The Balaban J connectivity index is 4.60. The van der Waals surface area contributed by atoms with Gasteiger partial charge in [-0.3, -0.25) is 9.05 Å². The van der Waals surface area contributed by atoms with Crippen LogP contribution in [0.3, 0.4) is 0 Å². The van der Waals surface area contributed by atoms with Crippen LogP contribution >= 0.6 is 54.2 Å². The van der Waals surface area contributed by atoms with E-state index in [2.05, 4.69) is 0 Å². The van der Waals surface area contributed by atoms with Gasteiger partial charge in [0, 0.05) is 34.3 Å². The summed E-state index contributed by atoms with van der Waals surface area (Å²) in [6, 6.07) is 0. The number of phosphoric ester groups is 1. The number of alkyl halides is 4. The minimum Gasteiger partial charge on any atom is -0.396 e. The highest BCUT2D eigenvalue weighted by atomic mass is 35.5. The van der Waals surface area contributed by atoms with Crippen LogP contribution in [0.25, 0.3) is 0 Å². The molecule has 0 saturated carbocycles. The second-order valence-electron chi connectivity index (χ2n) is 4.87. The molecule has 0 unspecified atom stereocenters. The van der Waals surface area contributed by atoms with Crippen molar-refractivity contribution in [3.05, 3.63) is 0 Å². The number of halogens is 4. The van der Waals surface area contributed by atoms with Crippen LogP contribution in [0.5, 0.6) is 0 Å². The van der Waals surface area contributed by atoms with Gasteiger partial charge in [0.2, 0.25) is 0 Å². The molecule has 0 atom stereocenters. The van der Waals surface area contributed by atoms with E-state index >= 15 is 0 Å². The van der Waals surface area contributed by atoms with Crippen LogP contribution in [0, 0.1) is 10.8 Å². The van der Waals surface area contributed by atoms with Crippen molar-refractivity contribution in [1.29, 1.82) is 0 Å². The van der Waals surface area contributed by atoms with Gasteiger partial charge in [0.1, 0.15) is 0 Å². The summed E-state index contributed by atoms with van der Waals surface area (Å²) in [6.07, 6.45) is 0. The van der Waals surface area contributed by atoms with Crippen molar-refractivity contribution in [3.63, 3.8) is 0 Å². The fourth-order valence-corrected chi connectivity index (χ4v) is 3.13. The lowest BCUT2D eigenvalue weighted by molar-refractivity contribution is 0.0454. The van der Waals surface area contributed by atoms with Crippen molar-refractivity contribution in [1.82, 2.24) is 0 Å². The van der Waals surface area contributed by atoms with Crippen LogP contribution in [0.2, 0.25) is 0 Å². The van der Waals surface area contributed by atoms with Crippen LogP contribution in [0.15, 0.2) is 0 Å². The molecule has 21 heavy (non-hydrogen) atoms. The van der Waals surface area contributed by atoms with Crippen LogP contribution < -0.4 is 0 Å². The van der Waals surface area contributed by atoms with Gasteiger partial charge in [0.05, 0.1) is 26.4 Å². The van der Waals surface area contributed by atoms with Gasteiger partial charge in [-0.15, -0.1) is 46.4 Å². The SMILES string of the molecule is O=P(O)(OCC(CO)(CCl)CCl)OCC(CO)(CCl)CCl. The Bertz CT molecular complexity index is 293. The summed E-state index contributed by atoms with van der Waals surface area (Å²) in [5.74, 6) is -0.234. The van der Waals surface area contributed by atoms with Crippen molar-refractivity contribution in [3.8, 4) is 0 Å². The maximum absolute atomic E-state index is 11.8. The highest BCUT2D eigenvalue weighted by Gasteiger charge is 2.36. The number of phosphoric acid groups is 1. The third-order valence-electron chi connectivity index (χ3n) is 2.87. The second-order valence-corrected chi connectivity index (χ2v) is 7.39. The third kappa shape index (κ3) is 7.08. The lowest BCUT2D eigenvalue weighted by Crippen LogP contribution is -2.36. The highest BCUT2D eigenvalue weighted by Crippen LogP contribution is 2.46.